The molecule has 1 N–H and O–H groups in total. The van der Waals surface area contributed by atoms with Crippen LogP contribution >= 0.6 is 11.6 Å². The third-order valence-electron chi connectivity index (χ3n) is 3.14. The maximum atomic E-state index is 13.6. The van der Waals surface area contributed by atoms with Gasteiger partial charge in [0, 0.05) is 17.6 Å². The highest BCUT2D eigenvalue weighted by molar-refractivity contribution is 6.31. The molecule has 0 aromatic heterocycles. The first-order valence-corrected chi connectivity index (χ1v) is 7.46. The van der Waals surface area contributed by atoms with Crippen LogP contribution in [-0.4, -0.2) is 6.54 Å². The second-order valence-corrected chi connectivity index (χ2v) is 5.19. The fourth-order valence-corrected chi connectivity index (χ4v) is 2.32. The summed E-state index contributed by atoms with van der Waals surface area (Å²) in [6, 6.07) is 10.2. The van der Waals surface area contributed by atoms with Gasteiger partial charge in [-0.15, -0.1) is 0 Å². The molecule has 0 bridgehead atoms. The van der Waals surface area contributed by atoms with Crippen LogP contribution in [0.5, 0.6) is 11.5 Å². The standard InChI is InChI=1S/C17H19ClFNO/c1-3-13-9-15(5-6-17(13)18)21-16-8-12(11-20-4-2)7-14(19)10-16/h5-10,20H,3-4,11H2,1-2H3. The molecule has 0 heterocycles. The first-order chi connectivity index (χ1) is 10.1. The Morgan fingerprint density at radius 1 is 1.10 bits per heavy atom. The van der Waals surface area contributed by atoms with Crippen molar-refractivity contribution in [2.75, 3.05) is 6.54 Å². The molecule has 0 saturated carbocycles. The molecule has 2 aromatic carbocycles. The van der Waals surface area contributed by atoms with Crippen molar-refractivity contribution in [2.45, 2.75) is 26.8 Å². The van der Waals surface area contributed by atoms with E-state index in [1.807, 2.05) is 26.0 Å². The summed E-state index contributed by atoms with van der Waals surface area (Å²) in [6.07, 6.45) is 0.824. The monoisotopic (exact) mass is 307 g/mol. The van der Waals surface area contributed by atoms with Gasteiger partial charge in [-0.1, -0.05) is 25.4 Å². The lowest BCUT2D eigenvalue weighted by Crippen LogP contribution is -2.11. The molecule has 0 unspecified atom stereocenters. The van der Waals surface area contributed by atoms with E-state index in [1.54, 1.807) is 12.1 Å². The maximum Gasteiger partial charge on any atom is 0.130 e. The van der Waals surface area contributed by atoms with Gasteiger partial charge in [-0.2, -0.15) is 0 Å². The van der Waals surface area contributed by atoms with E-state index < -0.39 is 0 Å². The van der Waals surface area contributed by atoms with E-state index in [0.717, 1.165) is 29.1 Å². The van der Waals surface area contributed by atoms with E-state index in [9.17, 15) is 4.39 Å². The largest absolute Gasteiger partial charge is 0.457 e. The Hall–Kier alpha value is -1.58. The molecule has 0 fully saturated rings. The molecular formula is C17H19ClFNO. The molecule has 2 aromatic rings. The van der Waals surface area contributed by atoms with E-state index >= 15 is 0 Å². The maximum absolute atomic E-state index is 13.6. The van der Waals surface area contributed by atoms with Crippen molar-refractivity contribution in [2.24, 2.45) is 0 Å². The van der Waals surface area contributed by atoms with Crippen LogP contribution in [0.3, 0.4) is 0 Å². The summed E-state index contributed by atoms with van der Waals surface area (Å²) >= 11 is 6.08. The molecule has 2 nitrogen and oxygen atoms in total. The number of aryl methyl sites for hydroxylation is 1. The van der Waals surface area contributed by atoms with Crippen LogP contribution in [0.15, 0.2) is 36.4 Å². The van der Waals surface area contributed by atoms with Crippen LogP contribution in [-0.2, 0) is 13.0 Å². The van der Waals surface area contributed by atoms with Gasteiger partial charge >= 0.3 is 0 Å². The number of nitrogens with one attached hydrogen (secondary N) is 1. The fraction of sp³-hybridized carbons (Fsp3) is 0.294. The SMILES string of the molecule is CCNCc1cc(F)cc(Oc2ccc(Cl)c(CC)c2)c1. The quantitative estimate of drug-likeness (QED) is 0.816. The summed E-state index contributed by atoms with van der Waals surface area (Å²) in [5.74, 6) is 0.855. The van der Waals surface area contributed by atoms with Crippen LogP contribution in [0.2, 0.25) is 5.02 Å². The highest BCUT2D eigenvalue weighted by atomic mass is 35.5. The zero-order chi connectivity index (χ0) is 15.2. The first-order valence-electron chi connectivity index (χ1n) is 7.08. The summed E-state index contributed by atoms with van der Waals surface area (Å²) in [7, 11) is 0. The smallest absolute Gasteiger partial charge is 0.130 e. The molecular weight excluding hydrogens is 289 g/mol. The van der Waals surface area contributed by atoms with Gasteiger partial charge in [0.25, 0.3) is 0 Å². The van der Waals surface area contributed by atoms with Crippen LogP contribution < -0.4 is 10.1 Å². The second-order valence-electron chi connectivity index (χ2n) is 4.78. The summed E-state index contributed by atoms with van der Waals surface area (Å²) in [4.78, 5) is 0. The van der Waals surface area contributed by atoms with Crippen molar-refractivity contribution in [3.63, 3.8) is 0 Å². The Morgan fingerprint density at radius 3 is 2.62 bits per heavy atom. The topological polar surface area (TPSA) is 21.3 Å². The highest BCUT2D eigenvalue weighted by Crippen LogP contribution is 2.27. The molecule has 0 aliphatic heterocycles. The lowest BCUT2D eigenvalue weighted by atomic mass is 10.1. The van der Waals surface area contributed by atoms with Crippen LogP contribution in [0.1, 0.15) is 25.0 Å². The van der Waals surface area contributed by atoms with Crippen LogP contribution in [0, 0.1) is 5.82 Å². The average Bonchev–Trinajstić information content (AvgIpc) is 2.46. The summed E-state index contributed by atoms with van der Waals surface area (Å²) in [6.45, 7) is 5.49. The molecule has 0 aliphatic rings. The lowest BCUT2D eigenvalue weighted by Gasteiger charge is -2.10. The van der Waals surface area contributed by atoms with Crippen LogP contribution in [0.4, 0.5) is 4.39 Å². The Morgan fingerprint density at radius 2 is 1.90 bits per heavy atom. The zero-order valence-corrected chi connectivity index (χ0v) is 13.0. The van der Waals surface area contributed by atoms with E-state index in [-0.39, 0.29) is 5.82 Å². The van der Waals surface area contributed by atoms with Gasteiger partial charge in [0.15, 0.2) is 0 Å². The van der Waals surface area contributed by atoms with Crippen molar-refractivity contribution >= 4 is 11.6 Å². The molecule has 112 valence electrons. The third-order valence-corrected chi connectivity index (χ3v) is 3.51. The van der Waals surface area contributed by atoms with Gasteiger partial charge in [-0.3, -0.25) is 0 Å². The Balaban J connectivity index is 2.20. The molecule has 2 rings (SSSR count). The fourth-order valence-electron chi connectivity index (χ4n) is 2.07. The predicted molar refractivity (Wildman–Crippen MR) is 84.7 cm³/mol. The Bertz CT molecular complexity index is 616. The molecule has 4 heteroatoms. The molecule has 0 amide bonds. The number of benzene rings is 2. The van der Waals surface area contributed by atoms with E-state index in [1.165, 1.54) is 12.1 Å². The average molecular weight is 308 g/mol. The first kappa shape index (κ1) is 15.8. The van der Waals surface area contributed by atoms with Crippen molar-refractivity contribution in [1.29, 1.82) is 0 Å². The number of hydrogen-bond donors (Lipinski definition) is 1. The normalized spacial score (nSPS) is 10.7. The van der Waals surface area contributed by atoms with Gasteiger partial charge in [0.1, 0.15) is 17.3 Å². The van der Waals surface area contributed by atoms with Gasteiger partial charge in [0.05, 0.1) is 0 Å². The van der Waals surface area contributed by atoms with Crippen molar-refractivity contribution in [1.82, 2.24) is 5.32 Å². The van der Waals surface area contributed by atoms with Gasteiger partial charge in [-0.25, -0.2) is 4.39 Å². The van der Waals surface area contributed by atoms with E-state index in [0.29, 0.717) is 18.0 Å². The highest BCUT2D eigenvalue weighted by Gasteiger charge is 2.05. The van der Waals surface area contributed by atoms with Gasteiger partial charge in [0.2, 0.25) is 0 Å². The summed E-state index contributed by atoms with van der Waals surface area (Å²) in [5.41, 5.74) is 1.87. The second kappa shape index (κ2) is 7.43. The van der Waals surface area contributed by atoms with Crippen molar-refractivity contribution < 1.29 is 9.13 Å². The van der Waals surface area contributed by atoms with Crippen LogP contribution in [0.25, 0.3) is 0 Å². The minimum absolute atomic E-state index is 0.301. The lowest BCUT2D eigenvalue weighted by molar-refractivity contribution is 0.474. The van der Waals surface area contributed by atoms with Crippen molar-refractivity contribution in [3.8, 4) is 11.5 Å². The molecule has 0 saturated heterocycles. The van der Waals surface area contributed by atoms with Crippen molar-refractivity contribution in [3.05, 3.63) is 58.4 Å². The van der Waals surface area contributed by atoms with Gasteiger partial charge < -0.3 is 10.1 Å². The zero-order valence-electron chi connectivity index (χ0n) is 12.2. The Labute approximate surface area is 129 Å². The molecule has 0 radical (unpaired) electrons. The number of ether oxygens (including phenoxy) is 1. The number of hydrogen-bond acceptors (Lipinski definition) is 2. The van der Waals surface area contributed by atoms with Gasteiger partial charge in [-0.05, 0) is 54.4 Å². The number of halogens is 2. The summed E-state index contributed by atoms with van der Waals surface area (Å²) < 4.78 is 19.4. The molecule has 0 spiro atoms. The molecule has 21 heavy (non-hydrogen) atoms. The minimum atomic E-state index is -0.301. The molecule has 0 aliphatic carbocycles. The Kier molecular flexibility index (Phi) is 5.59. The van der Waals surface area contributed by atoms with E-state index in [2.05, 4.69) is 5.32 Å². The van der Waals surface area contributed by atoms with E-state index in [4.69, 9.17) is 16.3 Å². The minimum Gasteiger partial charge on any atom is -0.457 e. The molecule has 0 atom stereocenters. The third kappa shape index (κ3) is 4.45. The summed E-state index contributed by atoms with van der Waals surface area (Å²) in [5, 5.41) is 3.89. The number of rotatable bonds is 6. The predicted octanol–water partition coefficient (Wildman–Crippen LogP) is 4.94.